The fourth-order valence-corrected chi connectivity index (χ4v) is 3.62. The number of aryl methyl sites for hydroxylation is 2. The van der Waals surface area contributed by atoms with Gasteiger partial charge in [0.1, 0.15) is 0 Å². The molecule has 1 unspecified atom stereocenters. The Bertz CT molecular complexity index is 278. The first kappa shape index (κ1) is 13.2. The molecule has 0 bridgehead atoms. The standard InChI is InChI=1S/C13H21BrS/c1-4-12-7-8-13(15-12)6-5-11(14)9-10(2)3/h7-8,10-11H,4-6,9H2,1-3H3. The first-order chi connectivity index (χ1) is 7.11. The van der Waals surface area contributed by atoms with Crippen LogP contribution in [0.3, 0.4) is 0 Å². The molecule has 2 heteroatoms. The largest absolute Gasteiger partial charge is 0.145 e. The SMILES string of the molecule is CCc1ccc(CCC(Br)CC(C)C)s1. The molecule has 0 aliphatic heterocycles. The molecule has 1 aromatic rings. The molecule has 0 N–H and O–H groups in total. The zero-order valence-corrected chi connectivity index (χ0v) is 12.3. The second-order valence-corrected chi connectivity index (χ2v) is 7.03. The van der Waals surface area contributed by atoms with Crippen molar-refractivity contribution in [1.29, 1.82) is 0 Å². The molecule has 1 atom stereocenters. The van der Waals surface area contributed by atoms with Gasteiger partial charge in [0.05, 0.1) is 0 Å². The summed E-state index contributed by atoms with van der Waals surface area (Å²) in [5, 5.41) is 0. The fraction of sp³-hybridized carbons (Fsp3) is 0.692. The Labute approximate surface area is 106 Å². The molecular formula is C13H21BrS. The summed E-state index contributed by atoms with van der Waals surface area (Å²) in [6.45, 7) is 6.80. The summed E-state index contributed by atoms with van der Waals surface area (Å²) in [5.41, 5.74) is 0. The summed E-state index contributed by atoms with van der Waals surface area (Å²) in [4.78, 5) is 3.74. The van der Waals surface area contributed by atoms with Gasteiger partial charge in [0.2, 0.25) is 0 Å². The van der Waals surface area contributed by atoms with Gasteiger partial charge in [-0.25, -0.2) is 0 Å². The van der Waals surface area contributed by atoms with Crippen molar-refractivity contribution in [2.45, 2.75) is 51.3 Å². The smallest absolute Gasteiger partial charge is 0.0151 e. The van der Waals surface area contributed by atoms with Crippen molar-refractivity contribution < 1.29 is 0 Å². The lowest BCUT2D eigenvalue weighted by Crippen LogP contribution is -2.03. The molecule has 0 radical (unpaired) electrons. The van der Waals surface area contributed by atoms with E-state index in [-0.39, 0.29) is 0 Å². The van der Waals surface area contributed by atoms with Crippen LogP contribution in [0.1, 0.15) is 43.4 Å². The van der Waals surface area contributed by atoms with Gasteiger partial charge in [0, 0.05) is 14.6 Å². The third-order valence-electron chi connectivity index (χ3n) is 2.50. The van der Waals surface area contributed by atoms with Crippen molar-refractivity contribution in [3.63, 3.8) is 0 Å². The predicted octanol–water partition coefficient (Wildman–Crippen LogP) is 5.05. The third kappa shape index (κ3) is 5.17. The van der Waals surface area contributed by atoms with Crippen molar-refractivity contribution in [3.8, 4) is 0 Å². The number of hydrogen-bond acceptors (Lipinski definition) is 1. The Kier molecular flexibility index (Phi) is 5.91. The van der Waals surface area contributed by atoms with Crippen molar-refractivity contribution in [2.24, 2.45) is 5.92 Å². The molecule has 1 heterocycles. The molecule has 0 saturated carbocycles. The zero-order valence-electron chi connectivity index (χ0n) is 9.92. The second-order valence-electron chi connectivity index (χ2n) is 4.49. The van der Waals surface area contributed by atoms with Crippen LogP contribution in [0.4, 0.5) is 0 Å². The molecule has 0 spiro atoms. The number of halogens is 1. The maximum Gasteiger partial charge on any atom is 0.0151 e. The zero-order chi connectivity index (χ0) is 11.3. The number of thiophene rings is 1. The predicted molar refractivity (Wildman–Crippen MR) is 74.2 cm³/mol. The Balaban J connectivity index is 2.30. The van der Waals surface area contributed by atoms with E-state index in [1.165, 1.54) is 30.6 Å². The molecule has 0 saturated heterocycles. The number of hydrogen-bond donors (Lipinski definition) is 0. The van der Waals surface area contributed by atoms with E-state index in [2.05, 4.69) is 48.8 Å². The van der Waals surface area contributed by atoms with Crippen molar-refractivity contribution in [3.05, 3.63) is 21.9 Å². The van der Waals surface area contributed by atoms with E-state index in [4.69, 9.17) is 0 Å². The third-order valence-corrected chi connectivity index (χ3v) is 4.62. The van der Waals surface area contributed by atoms with Crippen LogP contribution < -0.4 is 0 Å². The Morgan fingerprint density at radius 2 is 1.93 bits per heavy atom. The first-order valence-corrected chi connectivity index (χ1v) is 7.56. The van der Waals surface area contributed by atoms with Crippen LogP contribution in [0.2, 0.25) is 0 Å². The Morgan fingerprint density at radius 3 is 2.47 bits per heavy atom. The topological polar surface area (TPSA) is 0 Å². The minimum Gasteiger partial charge on any atom is -0.145 e. The van der Waals surface area contributed by atoms with Gasteiger partial charge in [0.15, 0.2) is 0 Å². The van der Waals surface area contributed by atoms with Gasteiger partial charge in [-0.15, -0.1) is 11.3 Å². The van der Waals surface area contributed by atoms with Crippen LogP contribution in [-0.4, -0.2) is 4.83 Å². The highest BCUT2D eigenvalue weighted by Crippen LogP contribution is 2.22. The van der Waals surface area contributed by atoms with E-state index < -0.39 is 0 Å². The summed E-state index contributed by atoms with van der Waals surface area (Å²) in [6, 6.07) is 4.56. The Hall–Kier alpha value is 0.180. The van der Waals surface area contributed by atoms with E-state index in [0.717, 1.165) is 5.92 Å². The van der Waals surface area contributed by atoms with Gasteiger partial charge >= 0.3 is 0 Å². The average Bonchev–Trinajstić information content (AvgIpc) is 2.61. The second kappa shape index (κ2) is 6.70. The quantitative estimate of drug-likeness (QED) is 0.643. The lowest BCUT2D eigenvalue weighted by atomic mass is 10.0. The van der Waals surface area contributed by atoms with Crippen LogP contribution in [0, 0.1) is 5.92 Å². The molecule has 1 aromatic heterocycles. The van der Waals surface area contributed by atoms with Crippen molar-refractivity contribution in [1.82, 2.24) is 0 Å². The van der Waals surface area contributed by atoms with Crippen LogP contribution in [-0.2, 0) is 12.8 Å². The summed E-state index contributed by atoms with van der Waals surface area (Å²) >= 11 is 5.74. The van der Waals surface area contributed by atoms with Crippen LogP contribution in [0.25, 0.3) is 0 Å². The van der Waals surface area contributed by atoms with E-state index in [1.807, 2.05) is 11.3 Å². The van der Waals surface area contributed by atoms with Gasteiger partial charge < -0.3 is 0 Å². The van der Waals surface area contributed by atoms with Gasteiger partial charge in [-0.1, -0.05) is 36.7 Å². The summed E-state index contributed by atoms with van der Waals surface area (Å²) < 4.78 is 0. The van der Waals surface area contributed by atoms with E-state index in [1.54, 1.807) is 4.88 Å². The first-order valence-electron chi connectivity index (χ1n) is 5.83. The molecule has 0 amide bonds. The molecule has 15 heavy (non-hydrogen) atoms. The van der Waals surface area contributed by atoms with E-state index in [9.17, 15) is 0 Å². The highest BCUT2D eigenvalue weighted by atomic mass is 79.9. The highest BCUT2D eigenvalue weighted by Gasteiger charge is 2.07. The number of rotatable bonds is 6. The monoisotopic (exact) mass is 288 g/mol. The summed E-state index contributed by atoms with van der Waals surface area (Å²) in [5.74, 6) is 0.795. The molecule has 0 fully saturated rings. The minimum absolute atomic E-state index is 0.685. The molecule has 1 rings (SSSR count). The minimum atomic E-state index is 0.685. The van der Waals surface area contributed by atoms with Gasteiger partial charge in [-0.2, -0.15) is 0 Å². The molecule has 86 valence electrons. The summed E-state index contributed by atoms with van der Waals surface area (Å²) in [7, 11) is 0. The molecular weight excluding hydrogens is 268 g/mol. The lowest BCUT2D eigenvalue weighted by Gasteiger charge is -2.11. The van der Waals surface area contributed by atoms with Gasteiger partial charge in [0.25, 0.3) is 0 Å². The molecule has 0 aliphatic rings. The van der Waals surface area contributed by atoms with Crippen molar-refractivity contribution >= 4 is 27.3 Å². The number of alkyl halides is 1. The lowest BCUT2D eigenvalue weighted by molar-refractivity contribution is 0.555. The molecule has 0 nitrogen and oxygen atoms in total. The molecule has 0 aromatic carbocycles. The van der Waals surface area contributed by atoms with E-state index in [0.29, 0.717) is 4.83 Å². The highest BCUT2D eigenvalue weighted by molar-refractivity contribution is 9.09. The van der Waals surface area contributed by atoms with Gasteiger partial charge in [-0.05, 0) is 43.7 Å². The molecule has 0 aliphatic carbocycles. The van der Waals surface area contributed by atoms with Gasteiger partial charge in [-0.3, -0.25) is 0 Å². The maximum absolute atomic E-state index is 3.76. The average molecular weight is 289 g/mol. The summed E-state index contributed by atoms with van der Waals surface area (Å²) in [6.07, 6.45) is 4.95. The maximum atomic E-state index is 3.76. The van der Waals surface area contributed by atoms with Crippen LogP contribution in [0.15, 0.2) is 12.1 Å². The van der Waals surface area contributed by atoms with E-state index >= 15 is 0 Å². The Morgan fingerprint density at radius 1 is 1.27 bits per heavy atom. The van der Waals surface area contributed by atoms with Crippen LogP contribution >= 0.6 is 27.3 Å². The fourth-order valence-electron chi connectivity index (χ4n) is 1.67. The van der Waals surface area contributed by atoms with Crippen molar-refractivity contribution in [2.75, 3.05) is 0 Å². The van der Waals surface area contributed by atoms with Crippen LogP contribution in [0.5, 0.6) is 0 Å². The normalized spacial score (nSPS) is 13.4.